The molecule has 0 radical (unpaired) electrons. The summed E-state index contributed by atoms with van der Waals surface area (Å²) in [5, 5.41) is 7.79. The molecular weight excluding hydrogens is 376 g/mol. The lowest BCUT2D eigenvalue weighted by Crippen LogP contribution is -2.23. The third-order valence-electron chi connectivity index (χ3n) is 4.15. The molecule has 3 aromatic rings. The highest BCUT2D eigenvalue weighted by Crippen LogP contribution is 2.12. The molecule has 0 bridgehead atoms. The quantitative estimate of drug-likeness (QED) is 0.627. The molecule has 0 aliphatic rings. The molecule has 0 atom stereocenters. The van der Waals surface area contributed by atoms with Crippen LogP contribution >= 0.6 is 0 Å². The molecule has 0 spiro atoms. The Morgan fingerprint density at radius 1 is 0.750 bits per heavy atom. The Kier molecular flexibility index (Phi) is 5.67. The first kappa shape index (κ1) is 19.5. The maximum absolute atomic E-state index is 12.4. The number of carbonyl (C=O) groups excluding carboxylic acids is 2. The van der Waals surface area contributed by atoms with Crippen LogP contribution in [0.2, 0.25) is 0 Å². The monoisotopic (exact) mass is 394 g/mol. The van der Waals surface area contributed by atoms with Gasteiger partial charge in [-0.25, -0.2) is 13.6 Å². The lowest BCUT2D eigenvalue weighted by Gasteiger charge is -2.07. The Hall–Kier alpha value is -3.29. The summed E-state index contributed by atoms with van der Waals surface area (Å²) in [5.74, 6) is -0.406. The van der Waals surface area contributed by atoms with Crippen molar-refractivity contribution < 1.29 is 18.0 Å². The van der Waals surface area contributed by atoms with Crippen molar-refractivity contribution in [3.8, 4) is 0 Å². The summed E-state index contributed by atoms with van der Waals surface area (Å²) in [6.07, 6.45) is 0. The van der Waals surface area contributed by atoms with E-state index >= 15 is 0 Å². The first-order valence-corrected chi connectivity index (χ1v) is 9.99. The normalized spacial score (nSPS) is 11.0. The highest BCUT2D eigenvalue weighted by Gasteiger charge is 2.11. The van der Waals surface area contributed by atoms with Gasteiger partial charge in [-0.2, -0.15) is 0 Å². The molecule has 0 heterocycles. The van der Waals surface area contributed by atoms with Crippen molar-refractivity contribution in [2.45, 2.75) is 11.4 Å². The zero-order valence-electron chi connectivity index (χ0n) is 14.8. The Bertz CT molecular complexity index is 1090. The highest BCUT2D eigenvalue weighted by molar-refractivity contribution is 7.89. The van der Waals surface area contributed by atoms with E-state index in [0.29, 0.717) is 16.7 Å². The molecule has 0 unspecified atom stereocenters. The van der Waals surface area contributed by atoms with Gasteiger partial charge in [0.25, 0.3) is 5.91 Å². The molecule has 0 aliphatic carbocycles. The number of hydrogen-bond donors (Lipinski definition) is 2. The van der Waals surface area contributed by atoms with Gasteiger partial charge in [-0.1, -0.05) is 54.6 Å². The zero-order chi connectivity index (χ0) is 20.1. The number of sulfonamides is 1. The maximum atomic E-state index is 12.4. The summed E-state index contributed by atoms with van der Waals surface area (Å²) in [6, 6.07) is 21.4. The van der Waals surface area contributed by atoms with Crippen molar-refractivity contribution >= 4 is 21.7 Å². The molecule has 28 heavy (non-hydrogen) atoms. The molecule has 0 fully saturated rings. The summed E-state index contributed by atoms with van der Waals surface area (Å²) < 4.78 is 22.5. The van der Waals surface area contributed by atoms with E-state index < -0.39 is 10.0 Å². The summed E-state index contributed by atoms with van der Waals surface area (Å²) in [5.41, 5.74) is 2.34. The average Bonchev–Trinajstić information content (AvgIpc) is 2.72. The second-order valence-corrected chi connectivity index (χ2v) is 7.71. The molecule has 6 nitrogen and oxygen atoms in total. The van der Waals surface area contributed by atoms with E-state index in [4.69, 9.17) is 5.14 Å². The van der Waals surface area contributed by atoms with Crippen molar-refractivity contribution in [1.29, 1.82) is 0 Å². The summed E-state index contributed by atoms with van der Waals surface area (Å²) in [7, 11) is -3.79. The predicted octanol–water partition coefficient (Wildman–Crippen LogP) is 2.50. The van der Waals surface area contributed by atoms with Crippen molar-refractivity contribution in [2.75, 3.05) is 0 Å². The van der Waals surface area contributed by atoms with Crippen LogP contribution in [-0.4, -0.2) is 20.1 Å². The second kappa shape index (κ2) is 8.16. The van der Waals surface area contributed by atoms with Crippen LogP contribution in [0.3, 0.4) is 0 Å². The molecule has 0 aromatic heterocycles. The number of primary sulfonamides is 1. The second-order valence-electron chi connectivity index (χ2n) is 6.14. The van der Waals surface area contributed by atoms with Crippen molar-refractivity contribution in [1.82, 2.24) is 5.32 Å². The van der Waals surface area contributed by atoms with Gasteiger partial charge in [-0.05, 0) is 29.8 Å². The van der Waals surface area contributed by atoms with Crippen LogP contribution in [0.25, 0.3) is 0 Å². The Labute approximate surface area is 163 Å². The van der Waals surface area contributed by atoms with Crippen LogP contribution in [0.5, 0.6) is 0 Å². The first-order valence-electron chi connectivity index (χ1n) is 8.44. The van der Waals surface area contributed by atoms with E-state index in [1.165, 1.54) is 24.3 Å². The highest BCUT2D eigenvalue weighted by atomic mass is 32.2. The molecule has 1 amide bonds. The number of nitrogens with one attached hydrogen (secondary N) is 1. The number of amides is 1. The number of benzene rings is 3. The van der Waals surface area contributed by atoms with Crippen molar-refractivity contribution in [3.05, 3.63) is 101 Å². The fourth-order valence-electron chi connectivity index (χ4n) is 2.61. The van der Waals surface area contributed by atoms with E-state index in [1.54, 1.807) is 36.4 Å². The first-order chi connectivity index (χ1) is 13.3. The van der Waals surface area contributed by atoms with Gasteiger partial charge < -0.3 is 5.32 Å². The van der Waals surface area contributed by atoms with Gasteiger partial charge in [-0.15, -0.1) is 0 Å². The van der Waals surface area contributed by atoms with E-state index in [2.05, 4.69) is 5.32 Å². The molecule has 142 valence electrons. The largest absolute Gasteiger partial charge is 0.348 e. The minimum absolute atomic E-state index is 0.0530. The Balaban J connectivity index is 1.62. The average molecular weight is 394 g/mol. The minimum Gasteiger partial charge on any atom is -0.348 e. The molecule has 3 aromatic carbocycles. The maximum Gasteiger partial charge on any atom is 0.251 e. The van der Waals surface area contributed by atoms with Gasteiger partial charge in [0.05, 0.1) is 4.90 Å². The lowest BCUT2D eigenvalue weighted by atomic mass is 10.0. The fraction of sp³-hybridized carbons (Fsp3) is 0.0476. The zero-order valence-corrected chi connectivity index (χ0v) is 15.6. The fourth-order valence-corrected chi connectivity index (χ4v) is 3.13. The topological polar surface area (TPSA) is 106 Å². The van der Waals surface area contributed by atoms with Gasteiger partial charge >= 0.3 is 0 Å². The predicted molar refractivity (Wildman–Crippen MR) is 105 cm³/mol. The third kappa shape index (κ3) is 4.70. The van der Waals surface area contributed by atoms with Crippen LogP contribution in [0, 0.1) is 0 Å². The number of carbonyl (C=O) groups is 2. The molecule has 3 N–H and O–H groups in total. The number of ketones is 1. The number of hydrogen-bond acceptors (Lipinski definition) is 4. The van der Waals surface area contributed by atoms with Crippen molar-refractivity contribution in [3.63, 3.8) is 0 Å². The lowest BCUT2D eigenvalue weighted by molar-refractivity contribution is 0.0950. The van der Waals surface area contributed by atoms with Gasteiger partial charge in [-0.3, -0.25) is 9.59 Å². The van der Waals surface area contributed by atoms with Gasteiger partial charge in [0.2, 0.25) is 10.0 Å². The molecule has 0 aliphatic heterocycles. The van der Waals surface area contributed by atoms with Gasteiger partial charge in [0.1, 0.15) is 0 Å². The van der Waals surface area contributed by atoms with Gasteiger partial charge in [0, 0.05) is 23.2 Å². The van der Waals surface area contributed by atoms with Crippen LogP contribution in [0.15, 0.2) is 83.8 Å². The Morgan fingerprint density at radius 3 is 1.86 bits per heavy atom. The molecular formula is C21H18N2O4S. The third-order valence-corrected chi connectivity index (χ3v) is 5.08. The molecule has 0 saturated heterocycles. The number of nitrogens with two attached hydrogens (primary N) is 1. The van der Waals surface area contributed by atoms with E-state index in [9.17, 15) is 18.0 Å². The van der Waals surface area contributed by atoms with Crippen LogP contribution in [-0.2, 0) is 16.6 Å². The number of rotatable bonds is 6. The smallest absolute Gasteiger partial charge is 0.251 e. The summed E-state index contributed by atoms with van der Waals surface area (Å²) in [6.45, 7) is 0.273. The summed E-state index contributed by atoms with van der Waals surface area (Å²) >= 11 is 0. The SMILES string of the molecule is NS(=O)(=O)c1ccc(C(=O)NCc2ccc(C(=O)c3ccccc3)cc2)cc1. The minimum atomic E-state index is -3.79. The van der Waals surface area contributed by atoms with E-state index in [1.807, 2.05) is 18.2 Å². The van der Waals surface area contributed by atoms with Crippen molar-refractivity contribution in [2.24, 2.45) is 5.14 Å². The molecule has 7 heteroatoms. The van der Waals surface area contributed by atoms with Crippen LogP contribution in [0.4, 0.5) is 0 Å². The molecule has 3 rings (SSSR count). The summed E-state index contributed by atoms with van der Waals surface area (Å²) in [4.78, 5) is 24.5. The standard InChI is InChI=1S/C21H18N2O4S/c22-28(26,27)19-12-10-18(11-13-19)21(25)23-14-15-6-8-17(9-7-15)20(24)16-4-2-1-3-5-16/h1-13H,14H2,(H,23,25)(H2,22,26,27). The van der Waals surface area contributed by atoms with Crippen LogP contribution < -0.4 is 10.5 Å². The van der Waals surface area contributed by atoms with E-state index in [-0.39, 0.29) is 23.1 Å². The Morgan fingerprint density at radius 2 is 1.29 bits per heavy atom. The van der Waals surface area contributed by atoms with E-state index in [0.717, 1.165) is 5.56 Å². The van der Waals surface area contributed by atoms with Gasteiger partial charge in [0.15, 0.2) is 5.78 Å². The molecule has 0 saturated carbocycles. The van der Waals surface area contributed by atoms with Crippen LogP contribution in [0.1, 0.15) is 31.8 Å².